The topological polar surface area (TPSA) is 76.2 Å². The van der Waals surface area contributed by atoms with E-state index in [2.05, 4.69) is 0 Å². The summed E-state index contributed by atoms with van der Waals surface area (Å²) in [6, 6.07) is 15.3. The highest BCUT2D eigenvalue weighted by molar-refractivity contribution is 5.47. The molecule has 0 spiro atoms. The summed E-state index contributed by atoms with van der Waals surface area (Å²) < 4.78 is 5.47. The molecule has 0 bridgehead atoms. The zero-order valence-electron chi connectivity index (χ0n) is 9.95. The number of non-ortho nitro benzene ring substituents is 1. The van der Waals surface area contributed by atoms with E-state index in [-0.39, 0.29) is 11.3 Å². The summed E-state index contributed by atoms with van der Waals surface area (Å²) in [5, 5.41) is 19.6. The van der Waals surface area contributed by atoms with Crippen LogP contribution in [-0.2, 0) is 6.61 Å². The molecule has 5 nitrogen and oxygen atoms in total. The van der Waals surface area contributed by atoms with Crippen molar-refractivity contribution in [1.29, 1.82) is 5.26 Å². The van der Waals surface area contributed by atoms with Gasteiger partial charge in [-0.2, -0.15) is 5.26 Å². The molecule has 0 amide bonds. The van der Waals surface area contributed by atoms with Crippen molar-refractivity contribution in [3.05, 3.63) is 69.8 Å². The highest BCUT2D eigenvalue weighted by Crippen LogP contribution is 2.23. The molecular formula is C14H10N2O3. The van der Waals surface area contributed by atoms with E-state index in [0.717, 1.165) is 5.56 Å². The van der Waals surface area contributed by atoms with Crippen LogP contribution in [0.15, 0.2) is 48.5 Å². The van der Waals surface area contributed by atoms with Gasteiger partial charge < -0.3 is 4.74 Å². The molecule has 0 saturated carbocycles. The van der Waals surface area contributed by atoms with Crippen LogP contribution in [0.3, 0.4) is 0 Å². The number of nitrogens with zero attached hydrogens (tertiary/aromatic N) is 2. The van der Waals surface area contributed by atoms with Gasteiger partial charge in [0.1, 0.15) is 12.4 Å². The molecule has 0 aliphatic carbocycles. The lowest BCUT2D eigenvalue weighted by Gasteiger charge is -2.06. The first-order valence-corrected chi connectivity index (χ1v) is 5.55. The Labute approximate surface area is 109 Å². The molecule has 0 atom stereocenters. The Balaban J connectivity index is 2.18. The van der Waals surface area contributed by atoms with Gasteiger partial charge >= 0.3 is 0 Å². The number of hydrogen-bond acceptors (Lipinski definition) is 4. The minimum atomic E-state index is -0.545. The number of nitro groups is 1. The Morgan fingerprint density at radius 1 is 1.21 bits per heavy atom. The highest BCUT2D eigenvalue weighted by Gasteiger charge is 2.10. The van der Waals surface area contributed by atoms with Crippen LogP contribution in [0.2, 0.25) is 0 Å². The van der Waals surface area contributed by atoms with E-state index in [4.69, 9.17) is 10.00 Å². The van der Waals surface area contributed by atoms with Gasteiger partial charge in [-0.25, -0.2) is 0 Å². The summed E-state index contributed by atoms with van der Waals surface area (Å²) in [4.78, 5) is 10.2. The maximum Gasteiger partial charge on any atom is 0.274 e. The van der Waals surface area contributed by atoms with Gasteiger partial charge in [-0.05, 0) is 11.6 Å². The van der Waals surface area contributed by atoms with E-state index in [1.54, 1.807) is 0 Å². The van der Waals surface area contributed by atoms with Gasteiger partial charge in [-0.1, -0.05) is 30.3 Å². The van der Waals surface area contributed by atoms with Crippen molar-refractivity contribution in [2.75, 3.05) is 0 Å². The lowest BCUT2D eigenvalue weighted by molar-refractivity contribution is -0.385. The molecule has 19 heavy (non-hydrogen) atoms. The van der Waals surface area contributed by atoms with Crippen molar-refractivity contribution < 1.29 is 9.66 Å². The number of hydrogen-bond donors (Lipinski definition) is 0. The van der Waals surface area contributed by atoms with Gasteiger partial charge in [0.15, 0.2) is 0 Å². The largest absolute Gasteiger partial charge is 0.489 e. The van der Waals surface area contributed by atoms with E-state index in [1.807, 2.05) is 36.4 Å². The third-order valence-corrected chi connectivity index (χ3v) is 2.48. The summed E-state index contributed by atoms with van der Waals surface area (Å²) in [5.74, 6) is 0.314. The first-order chi connectivity index (χ1) is 9.19. The predicted octanol–water partition coefficient (Wildman–Crippen LogP) is 3.05. The molecule has 0 aliphatic rings. The van der Waals surface area contributed by atoms with E-state index in [0.29, 0.717) is 12.4 Å². The first-order valence-electron chi connectivity index (χ1n) is 5.55. The van der Waals surface area contributed by atoms with Crippen molar-refractivity contribution in [3.8, 4) is 11.8 Å². The Morgan fingerprint density at radius 2 is 1.95 bits per heavy atom. The Morgan fingerprint density at radius 3 is 2.58 bits per heavy atom. The summed E-state index contributed by atoms with van der Waals surface area (Å²) in [5.41, 5.74) is 1.01. The summed E-state index contributed by atoms with van der Waals surface area (Å²) in [6.45, 7) is 0.298. The van der Waals surface area contributed by atoms with Gasteiger partial charge in [0, 0.05) is 6.07 Å². The molecule has 2 aromatic rings. The molecule has 0 aliphatic heterocycles. The fourth-order valence-corrected chi connectivity index (χ4v) is 1.58. The van der Waals surface area contributed by atoms with Crippen LogP contribution < -0.4 is 4.74 Å². The van der Waals surface area contributed by atoms with Crippen molar-refractivity contribution in [3.63, 3.8) is 0 Å². The number of ether oxygens (including phenoxy) is 1. The molecular weight excluding hydrogens is 244 g/mol. The van der Waals surface area contributed by atoms with Gasteiger partial charge in [0.05, 0.1) is 22.6 Å². The number of rotatable bonds is 4. The van der Waals surface area contributed by atoms with Crippen molar-refractivity contribution in [2.24, 2.45) is 0 Å². The molecule has 0 fully saturated rings. The van der Waals surface area contributed by atoms with Crippen LogP contribution in [0.25, 0.3) is 0 Å². The van der Waals surface area contributed by atoms with E-state index < -0.39 is 4.92 Å². The second-order valence-corrected chi connectivity index (χ2v) is 3.86. The lowest BCUT2D eigenvalue weighted by Crippen LogP contribution is -1.97. The molecule has 0 unspecified atom stereocenters. The minimum Gasteiger partial charge on any atom is -0.489 e. The summed E-state index contributed by atoms with van der Waals surface area (Å²) in [6.07, 6.45) is 0. The molecule has 2 rings (SSSR count). The smallest absolute Gasteiger partial charge is 0.274 e. The van der Waals surface area contributed by atoms with Crippen molar-refractivity contribution in [2.45, 2.75) is 6.61 Å². The number of nitro benzene ring substituents is 1. The average Bonchev–Trinajstić information content (AvgIpc) is 2.45. The van der Waals surface area contributed by atoms with Crippen LogP contribution >= 0.6 is 0 Å². The average molecular weight is 254 g/mol. The molecule has 0 heterocycles. The van der Waals surface area contributed by atoms with E-state index in [1.165, 1.54) is 18.2 Å². The first kappa shape index (κ1) is 12.6. The second kappa shape index (κ2) is 5.65. The maximum absolute atomic E-state index is 10.7. The Hall–Kier alpha value is -2.87. The van der Waals surface area contributed by atoms with Crippen LogP contribution in [0.4, 0.5) is 5.69 Å². The van der Waals surface area contributed by atoms with Crippen LogP contribution in [-0.4, -0.2) is 4.92 Å². The second-order valence-electron chi connectivity index (χ2n) is 3.86. The van der Waals surface area contributed by atoms with Crippen LogP contribution in [0.5, 0.6) is 5.75 Å². The van der Waals surface area contributed by atoms with Gasteiger partial charge in [0.25, 0.3) is 5.69 Å². The predicted molar refractivity (Wildman–Crippen MR) is 68.6 cm³/mol. The SMILES string of the molecule is N#Cc1cc(OCc2ccccc2)cc([N+](=O)[O-])c1. The Kier molecular flexibility index (Phi) is 3.74. The lowest BCUT2D eigenvalue weighted by atomic mass is 10.2. The molecule has 0 saturated heterocycles. The van der Waals surface area contributed by atoms with Gasteiger partial charge in [-0.3, -0.25) is 10.1 Å². The fraction of sp³-hybridized carbons (Fsp3) is 0.0714. The summed E-state index contributed by atoms with van der Waals surface area (Å²) in [7, 11) is 0. The third-order valence-electron chi connectivity index (χ3n) is 2.48. The fourth-order valence-electron chi connectivity index (χ4n) is 1.58. The quantitative estimate of drug-likeness (QED) is 0.620. The molecule has 0 radical (unpaired) electrons. The maximum atomic E-state index is 10.7. The number of benzene rings is 2. The monoisotopic (exact) mass is 254 g/mol. The Bertz CT molecular complexity index is 633. The molecule has 2 aromatic carbocycles. The molecule has 0 aromatic heterocycles. The van der Waals surface area contributed by atoms with Crippen molar-refractivity contribution in [1.82, 2.24) is 0 Å². The number of nitriles is 1. The van der Waals surface area contributed by atoms with Crippen LogP contribution in [0, 0.1) is 21.4 Å². The third kappa shape index (κ3) is 3.30. The minimum absolute atomic E-state index is 0.151. The van der Waals surface area contributed by atoms with Gasteiger partial charge in [-0.15, -0.1) is 0 Å². The molecule has 0 N–H and O–H groups in total. The normalized spacial score (nSPS) is 9.63. The summed E-state index contributed by atoms with van der Waals surface area (Å²) >= 11 is 0. The zero-order valence-corrected chi connectivity index (χ0v) is 9.95. The van der Waals surface area contributed by atoms with Crippen molar-refractivity contribution >= 4 is 5.69 Å². The van der Waals surface area contributed by atoms with Gasteiger partial charge in [0.2, 0.25) is 0 Å². The van der Waals surface area contributed by atoms with E-state index >= 15 is 0 Å². The molecule has 5 heteroatoms. The highest BCUT2D eigenvalue weighted by atomic mass is 16.6. The van der Waals surface area contributed by atoms with E-state index in [9.17, 15) is 10.1 Å². The zero-order chi connectivity index (χ0) is 13.7. The van der Waals surface area contributed by atoms with Crippen LogP contribution in [0.1, 0.15) is 11.1 Å². The molecule has 94 valence electrons. The standard InChI is InChI=1S/C14H10N2O3/c15-9-12-6-13(16(17)18)8-14(7-12)19-10-11-4-2-1-3-5-11/h1-8H,10H2.